The van der Waals surface area contributed by atoms with E-state index in [2.05, 4.69) is 17.1 Å². The van der Waals surface area contributed by atoms with Crippen LogP contribution in [0.15, 0.2) is 16.7 Å². The Morgan fingerprint density at radius 1 is 1.14 bits per heavy atom. The third-order valence-electron chi connectivity index (χ3n) is 4.18. The molecular weight excluding hydrogens is 309 g/mol. The Kier molecular flexibility index (Phi) is 4.09. The van der Waals surface area contributed by atoms with E-state index in [9.17, 15) is 0 Å². The molecule has 3 rings (SSSR count). The molecule has 6 heteroatoms. The number of nitrogen functional groups attached to an aromatic ring is 1. The summed E-state index contributed by atoms with van der Waals surface area (Å²) in [5.41, 5.74) is 6.87. The molecule has 0 radical (unpaired) electrons. The zero-order valence-electron chi connectivity index (χ0n) is 11.8. The van der Waals surface area contributed by atoms with Crippen molar-refractivity contribution >= 4 is 28.9 Å². The second-order valence-electron chi connectivity index (χ2n) is 5.73. The normalized spacial score (nSPS) is 22.4. The Morgan fingerprint density at radius 2 is 1.81 bits per heavy atom. The molecule has 0 bridgehead atoms. The fourth-order valence-corrected chi connectivity index (χ4v) is 3.21. The number of anilines is 1. The minimum absolute atomic E-state index is 0.341. The highest BCUT2D eigenvalue weighted by atomic mass is 35.5. The summed E-state index contributed by atoms with van der Waals surface area (Å²) in [6, 6.07) is 3.34. The predicted molar refractivity (Wildman–Crippen MR) is 84.5 cm³/mol. The predicted octanol–water partition coefficient (Wildman–Crippen LogP) is 4.92. The SMILES string of the molecule is CC1CCC(c2noc(-c3c(Cl)ccc(Cl)c3N)n2)CC1. The number of benzene rings is 1. The number of nitrogens with two attached hydrogens (primary N) is 1. The van der Waals surface area contributed by atoms with Gasteiger partial charge in [-0.05, 0) is 30.9 Å². The Labute approximate surface area is 133 Å². The molecule has 2 N–H and O–H groups in total. The van der Waals surface area contributed by atoms with E-state index in [1.54, 1.807) is 12.1 Å². The van der Waals surface area contributed by atoms with Gasteiger partial charge < -0.3 is 10.3 Å². The van der Waals surface area contributed by atoms with Gasteiger partial charge in [0.15, 0.2) is 5.82 Å². The molecule has 1 saturated carbocycles. The second-order valence-corrected chi connectivity index (χ2v) is 6.55. The number of hydrogen-bond acceptors (Lipinski definition) is 4. The number of nitrogens with zero attached hydrogens (tertiary/aromatic N) is 2. The van der Waals surface area contributed by atoms with Crippen LogP contribution in [-0.4, -0.2) is 10.1 Å². The van der Waals surface area contributed by atoms with E-state index in [1.165, 1.54) is 12.8 Å². The summed E-state index contributed by atoms with van der Waals surface area (Å²) in [5.74, 6) is 2.23. The third kappa shape index (κ3) is 2.87. The Morgan fingerprint density at radius 3 is 2.52 bits per heavy atom. The minimum Gasteiger partial charge on any atom is -0.397 e. The smallest absolute Gasteiger partial charge is 0.261 e. The molecular formula is C15H17Cl2N3O. The first kappa shape index (κ1) is 14.7. The molecule has 1 aromatic carbocycles. The van der Waals surface area contributed by atoms with Gasteiger partial charge in [-0.3, -0.25) is 0 Å². The Balaban J connectivity index is 1.90. The first-order valence-corrected chi connectivity index (χ1v) is 7.89. The van der Waals surface area contributed by atoms with Crippen LogP contribution in [0.3, 0.4) is 0 Å². The number of aromatic nitrogens is 2. The van der Waals surface area contributed by atoms with E-state index in [-0.39, 0.29) is 0 Å². The molecule has 1 aromatic heterocycles. The van der Waals surface area contributed by atoms with Gasteiger partial charge in [0.1, 0.15) is 0 Å². The molecule has 0 spiro atoms. The molecule has 21 heavy (non-hydrogen) atoms. The highest BCUT2D eigenvalue weighted by Crippen LogP contribution is 2.39. The largest absolute Gasteiger partial charge is 0.397 e. The molecule has 0 atom stereocenters. The van der Waals surface area contributed by atoms with E-state index in [1.807, 2.05) is 0 Å². The lowest BCUT2D eigenvalue weighted by molar-refractivity contribution is 0.329. The van der Waals surface area contributed by atoms with Crippen LogP contribution in [0.5, 0.6) is 0 Å². The van der Waals surface area contributed by atoms with Gasteiger partial charge in [-0.2, -0.15) is 4.98 Å². The van der Waals surface area contributed by atoms with Gasteiger partial charge in [0.2, 0.25) is 0 Å². The maximum Gasteiger partial charge on any atom is 0.261 e. The summed E-state index contributed by atoms with van der Waals surface area (Å²) in [5, 5.41) is 5.00. The van der Waals surface area contributed by atoms with E-state index in [0.29, 0.717) is 33.1 Å². The van der Waals surface area contributed by atoms with Crippen molar-refractivity contribution in [3.05, 3.63) is 28.0 Å². The van der Waals surface area contributed by atoms with Crippen molar-refractivity contribution in [3.63, 3.8) is 0 Å². The summed E-state index contributed by atoms with van der Waals surface area (Å²) in [6.07, 6.45) is 4.60. The second kappa shape index (κ2) is 5.85. The molecule has 112 valence electrons. The minimum atomic E-state index is 0.341. The average Bonchev–Trinajstić information content (AvgIpc) is 2.94. The van der Waals surface area contributed by atoms with Crippen LogP contribution in [-0.2, 0) is 0 Å². The van der Waals surface area contributed by atoms with Crippen LogP contribution in [0, 0.1) is 5.92 Å². The van der Waals surface area contributed by atoms with Crippen molar-refractivity contribution < 1.29 is 4.52 Å². The maximum absolute atomic E-state index is 6.18. The highest BCUT2D eigenvalue weighted by Gasteiger charge is 2.25. The zero-order valence-corrected chi connectivity index (χ0v) is 13.3. The maximum atomic E-state index is 6.18. The van der Waals surface area contributed by atoms with Crippen molar-refractivity contribution in [2.24, 2.45) is 5.92 Å². The molecule has 1 fully saturated rings. The molecule has 0 aliphatic heterocycles. The van der Waals surface area contributed by atoms with Crippen LogP contribution >= 0.6 is 23.2 Å². The first-order chi connectivity index (χ1) is 10.1. The van der Waals surface area contributed by atoms with Crippen molar-refractivity contribution in [1.29, 1.82) is 0 Å². The topological polar surface area (TPSA) is 64.9 Å². The Bertz CT molecular complexity index is 648. The quantitative estimate of drug-likeness (QED) is 0.796. The van der Waals surface area contributed by atoms with Gasteiger partial charge in [-0.15, -0.1) is 0 Å². The first-order valence-electron chi connectivity index (χ1n) is 7.13. The summed E-state index contributed by atoms with van der Waals surface area (Å²) >= 11 is 12.2. The van der Waals surface area contributed by atoms with Gasteiger partial charge in [0.25, 0.3) is 5.89 Å². The van der Waals surface area contributed by atoms with Crippen molar-refractivity contribution in [1.82, 2.24) is 10.1 Å². The number of halogens is 2. The van der Waals surface area contributed by atoms with Gasteiger partial charge >= 0.3 is 0 Å². The summed E-state index contributed by atoms with van der Waals surface area (Å²) in [7, 11) is 0. The monoisotopic (exact) mass is 325 g/mol. The summed E-state index contributed by atoms with van der Waals surface area (Å²) < 4.78 is 5.36. The van der Waals surface area contributed by atoms with E-state index in [0.717, 1.165) is 24.6 Å². The van der Waals surface area contributed by atoms with Crippen LogP contribution in [0.4, 0.5) is 5.69 Å². The molecule has 1 aliphatic rings. The molecule has 0 amide bonds. The van der Waals surface area contributed by atoms with Gasteiger partial charge in [0.05, 0.1) is 21.3 Å². The molecule has 0 saturated heterocycles. The van der Waals surface area contributed by atoms with Crippen molar-refractivity contribution in [2.75, 3.05) is 5.73 Å². The van der Waals surface area contributed by atoms with Gasteiger partial charge in [0, 0.05) is 5.92 Å². The average molecular weight is 326 g/mol. The third-order valence-corrected chi connectivity index (χ3v) is 4.82. The van der Waals surface area contributed by atoms with Gasteiger partial charge in [-0.1, -0.05) is 48.1 Å². The zero-order chi connectivity index (χ0) is 15.0. The fraction of sp³-hybridized carbons (Fsp3) is 0.467. The lowest BCUT2D eigenvalue weighted by atomic mass is 9.83. The van der Waals surface area contributed by atoms with E-state index < -0.39 is 0 Å². The lowest BCUT2D eigenvalue weighted by Gasteiger charge is -2.23. The van der Waals surface area contributed by atoms with E-state index in [4.69, 9.17) is 33.5 Å². The molecule has 1 heterocycles. The number of hydrogen-bond donors (Lipinski definition) is 1. The fourth-order valence-electron chi connectivity index (χ4n) is 2.81. The van der Waals surface area contributed by atoms with Crippen LogP contribution in [0.1, 0.15) is 44.3 Å². The molecule has 2 aromatic rings. The van der Waals surface area contributed by atoms with Crippen molar-refractivity contribution in [3.8, 4) is 11.5 Å². The highest BCUT2D eigenvalue weighted by molar-refractivity contribution is 6.37. The standard InChI is InChI=1S/C15H17Cl2N3O/c1-8-2-4-9(5-3-8)14-19-15(21-20-14)12-10(16)6-7-11(17)13(12)18/h6-9H,2-5,18H2,1H3. The lowest BCUT2D eigenvalue weighted by Crippen LogP contribution is -2.11. The van der Waals surface area contributed by atoms with Crippen LogP contribution in [0.2, 0.25) is 10.0 Å². The van der Waals surface area contributed by atoms with Crippen LogP contribution < -0.4 is 5.73 Å². The van der Waals surface area contributed by atoms with Gasteiger partial charge in [-0.25, -0.2) is 0 Å². The summed E-state index contributed by atoms with van der Waals surface area (Å²) in [4.78, 5) is 4.49. The molecule has 0 unspecified atom stereocenters. The summed E-state index contributed by atoms with van der Waals surface area (Å²) in [6.45, 7) is 2.28. The number of rotatable bonds is 2. The molecule has 1 aliphatic carbocycles. The van der Waals surface area contributed by atoms with Crippen molar-refractivity contribution in [2.45, 2.75) is 38.5 Å². The van der Waals surface area contributed by atoms with Crippen LogP contribution in [0.25, 0.3) is 11.5 Å². The Hall–Kier alpha value is -1.26. The molecule has 4 nitrogen and oxygen atoms in total. The van der Waals surface area contributed by atoms with E-state index >= 15 is 0 Å².